The lowest BCUT2D eigenvalue weighted by atomic mass is 10.1. The van der Waals surface area contributed by atoms with Gasteiger partial charge in [0.25, 0.3) is 5.91 Å². The number of nitrogens with one attached hydrogen (secondary N) is 1. The van der Waals surface area contributed by atoms with Crippen LogP contribution in [0.5, 0.6) is 0 Å². The van der Waals surface area contributed by atoms with Gasteiger partial charge in [0.15, 0.2) is 5.78 Å². The molecule has 0 aliphatic carbocycles. The molecule has 1 saturated heterocycles. The van der Waals surface area contributed by atoms with Gasteiger partial charge in [0.05, 0.1) is 17.4 Å². The normalized spacial score (nSPS) is 13.9. The molecular formula is C18H19N3O2. The maximum absolute atomic E-state index is 12.4. The van der Waals surface area contributed by atoms with Crippen LogP contribution in [0.15, 0.2) is 42.7 Å². The van der Waals surface area contributed by atoms with Crippen LogP contribution in [0, 0.1) is 0 Å². The lowest BCUT2D eigenvalue weighted by molar-refractivity contribution is 0.0792. The largest absolute Gasteiger partial charge is 0.354 e. The van der Waals surface area contributed by atoms with Crippen LogP contribution in [0.4, 0.5) is 11.4 Å². The van der Waals surface area contributed by atoms with Crippen LogP contribution in [0.1, 0.15) is 40.5 Å². The second-order valence-corrected chi connectivity index (χ2v) is 5.72. The highest BCUT2D eigenvalue weighted by molar-refractivity contribution is 5.95. The van der Waals surface area contributed by atoms with Crippen molar-refractivity contribution in [3.05, 3.63) is 53.9 Å². The van der Waals surface area contributed by atoms with Gasteiger partial charge in [0, 0.05) is 30.5 Å². The van der Waals surface area contributed by atoms with E-state index in [1.165, 1.54) is 0 Å². The van der Waals surface area contributed by atoms with E-state index >= 15 is 0 Å². The fourth-order valence-electron chi connectivity index (χ4n) is 2.68. The van der Waals surface area contributed by atoms with E-state index in [1.807, 2.05) is 23.1 Å². The van der Waals surface area contributed by atoms with Crippen LogP contribution < -0.4 is 5.32 Å². The Balaban J connectivity index is 1.74. The van der Waals surface area contributed by atoms with Gasteiger partial charge in [-0.2, -0.15) is 0 Å². The summed E-state index contributed by atoms with van der Waals surface area (Å²) >= 11 is 0. The summed E-state index contributed by atoms with van der Waals surface area (Å²) in [6, 6.07) is 9.04. The molecule has 1 amide bonds. The zero-order valence-electron chi connectivity index (χ0n) is 13.1. The molecule has 0 unspecified atom stereocenters. The molecule has 5 nitrogen and oxygen atoms in total. The first-order valence-electron chi connectivity index (χ1n) is 7.76. The predicted octanol–water partition coefficient (Wildman–Crippen LogP) is 3.26. The Bertz CT molecular complexity index is 719. The number of nitrogens with zero attached hydrogens (tertiary/aromatic N) is 2. The number of pyridine rings is 1. The fraction of sp³-hybridized carbons (Fsp3) is 0.278. The van der Waals surface area contributed by atoms with Gasteiger partial charge in [-0.3, -0.25) is 14.6 Å². The van der Waals surface area contributed by atoms with E-state index in [4.69, 9.17) is 0 Å². The molecule has 2 heterocycles. The molecular weight excluding hydrogens is 290 g/mol. The highest BCUT2D eigenvalue weighted by atomic mass is 16.2. The highest BCUT2D eigenvalue weighted by Crippen LogP contribution is 2.19. The molecule has 1 aliphatic rings. The van der Waals surface area contributed by atoms with Crippen molar-refractivity contribution in [2.24, 2.45) is 0 Å². The number of aromatic nitrogens is 1. The summed E-state index contributed by atoms with van der Waals surface area (Å²) in [4.78, 5) is 29.7. The van der Waals surface area contributed by atoms with Crippen LogP contribution in [-0.4, -0.2) is 34.7 Å². The van der Waals surface area contributed by atoms with E-state index in [2.05, 4.69) is 10.3 Å². The van der Waals surface area contributed by atoms with Crippen LogP contribution in [0.25, 0.3) is 0 Å². The van der Waals surface area contributed by atoms with Gasteiger partial charge in [-0.05, 0) is 50.1 Å². The average molecular weight is 309 g/mol. The number of ketones is 1. The first kappa shape index (κ1) is 15.2. The lowest BCUT2D eigenvalue weighted by Crippen LogP contribution is -2.27. The molecule has 118 valence electrons. The summed E-state index contributed by atoms with van der Waals surface area (Å²) in [5.41, 5.74) is 2.87. The molecule has 0 saturated carbocycles. The molecule has 1 aromatic heterocycles. The van der Waals surface area contributed by atoms with Crippen molar-refractivity contribution in [2.75, 3.05) is 18.4 Å². The third-order valence-electron chi connectivity index (χ3n) is 3.96. The minimum Gasteiger partial charge on any atom is -0.354 e. The number of carbonyl (C=O) groups excluding carboxylic acids is 2. The van der Waals surface area contributed by atoms with Crippen molar-refractivity contribution in [1.82, 2.24) is 9.88 Å². The average Bonchev–Trinajstić information content (AvgIpc) is 3.09. The summed E-state index contributed by atoms with van der Waals surface area (Å²) < 4.78 is 0. The number of benzene rings is 1. The number of likely N-dealkylation sites (tertiary alicyclic amines) is 1. The van der Waals surface area contributed by atoms with E-state index in [-0.39, 0.29) is 11.7 Å². The van der Waals surface area contributed by atoms with Gasteiger partial charge in [0.2, 0.25) is 0 Å². The monoisotopic (exact) mass is 309 g/mol. The second-order valence-electron chi connectivity index (χ2n) is 5.72. The van der Waals surface area contributed by atoms with Gasteiger partial charge >= 0.3 is 0 Å². The van der Waals surface area contributed by atoms with E-state index < -0.39 is 0 Å². The molecule has 0 spiro atoms. The molecule has 0 radical (unpaired) electrons. The Labute approximate surface area is 135 Å². The fourth-order valence-corrected chi connectivity index (χ4v) is 2.68. The van der Waals surface area contributed by atoms with Gasteiger partial charge in [-0.25, -0.2) is 0 Å². The Morgan fingerprint density at radius 3 is 2.35 bits per heavy atom. The first-order valence-corrected chi connectivity index (χ1v) is 7.76. The summed E-state index contributed by atoms with van der Waals surface area (Å²) in [5.74, 6) is 0.0713. The van der Waals surface area contributed by atoms with E-state index in [9.17, 15) is 9.59 Å². The third-order valence-corrected chi connectivity index (χ3v) is 3.96. The standard InChI is InChI=1S/C18H19N3O2/c1-13(22)14-4-6-16(7-5-14)20-17-10-15(11-19-12-17)18(23)21-8-2-3-9-21/h4-7,10-12,20H,2-3,8-9H2,1H3. The van der Waals surface area contributed by atoms with Crippen LogP contribution in [0.2, 0.25) is 0 Å². The van der Waals surface area contributed by atoms with Crippen LogP contribution in [0.3, 0.4) is 0 Å². The zero-order valence-corrected chi connectivity index (χ0v) is 13.1. The minimum absolute atomic E-state index is 0.0329. The lowest BCUT2D eigenvalue weighted by Gasteiger charge is -2.15. The van der Waals surface area contributed by atoms with Crippen LogP contribution >= 0.6 is 0 Å². The quantitative estimate of drug-likeness (QED) is 0.881. The second kappa shape index (κ2) is 6.60. The number of rotatable bonds is 4. The number of carbonyl (C=O) groups is 2. The molecule has 23 heavy (non-hydrogen) atoms. The molecule has 1 aromatic carbocycles. The topological polar surface area (TPSA) is 62.3 Å². The number of hydrogen-bond donors (Lipinski definition) is 1. The van der Waals surface area contributed by atoms with Gasteiger partial charge in [-0.15, -0.1) is 0 Å². The molecule has 1 N–H and O–H groups in total. The SMILES string of the molecule is CC(=O)c1ccc(Nc2cncc(C(=O)N3CCCC3)c2)cc1. The molecule has 1 aliphatic heterocycles. The number of Topliss-reactive ketones (excluding diaryl/α,β-unsaturated/α-hetero) is 1. The molecule has 0 bridgehead atoms. The summed E-state index contributed by atoms with van der Waals surface area (Å²) in [7, 11) is 0. The Hall–Kier alpha value is -2.69. The van der Waals surface area contributed by atoms with Crippen molar-refractivity contribution in [1.29, 1.82) is 0 Å². The van der Waals surface area contributed by atoms with Crippen molar-refractivity contribution in [3.8, 4) is 0 Å². The highest BCUT2D eigenvalue weighted by Gasteiger charge is 2.19. The summed E-state index contributed by atoms with van der Waals surface area (Å²) in [5, 5.41) is 3.21. The van der Waals surface area contributed by atoms with E-state index in [1.54, 1.807) is 31.5 Å². The van der Waals surface area contributed by atoms with Crippen molar-refractivity contribution in [2.45, 2.75) is 19.8 Å². The molecule has 2 aromatic rings. The van der Waals surface area contributed by atoms with Crippen molar-refractivity contribution < 1.29 is 9.59 Å². The zero-order chi connectivity index (χ0) is 16.2. The Morgan fingerprint density at radius 1 is 1.00 bits per heavy atom. The molecule has 5 heteroatoms. The van der Waals surface area contributed by atoms with Crippen molar-refractivity contribution in [3.63, 3.8) is 0 Å². The summed E-state index contributed by atoms with van der Waals surface area (Å²) in [6.45, 7) is 3.19. The van der Waals surface area contributed by atoms with Crippen LogP contribution in [-0.2, 0) is 0 Å². The van der Waals surface area contributed by atoms with Gasteiger partial charge in [0.1, 0.15) is 0 Å². The Kier molecular flexibility index (Phi) is 4.37. The maximum Gasteiger partial charge on any atom is 0.255 e. The predicted molar refractivity (Wildman–Crippen MR) is 89.1 cm³/mol. The number of anilines is 2. The maximum atomic E-state index is 12.4. The van der Waals surface area contributed by atoms with Gasteiger partial charge in [-0.1, -0.05) is 0 Å². The first-order chi connectivity index (χ1) is 11.1. The third kappa shape index (κ3) is 3.56. The van der Waals surface area contributed by atoms with Crippen molar-refractivity contribution >= 4 is 23.1 Å². The molecule has 1 fully saturated rings. The van der Waals surface area contributed by atoms with E-state index in [0.29, 0.717) is 11.1 Å². The van der Waals surface area contributed by atoms with Gasteiger partial charge < -0.3 is 10.2 Å². The number of amides is 1. The Morgan fingerprint density at radius 2 is 1.70 bits per heavy atom. The number of hydrogen-bond acceptors (Lipinski definition) is 4. The molecule has 0 atom stereocenters. The molecule has 3 rings (SSSR count). The smallest absolute Gasteiger partial charge is 0.255 e. The van der Waals surface area contributed by atoms with E-state index in [0.717, 1.165) is 37.3 Å². The minimum atomic E-state index is 0.0329. The summed E-state index contributed by atoms with van der Waals surface area (Å²) in [6.07, 6.45) is 5.42.